The van der Waals surface area contributed by atoms with Crippen molar-refractivity contribution in [2.45, 2.75) is 18.8 Å². The predicted molar refractivity (Wildman–Crippen MR) is 70.1 cm³/mol. The smallest absolute Gasteiger partial charge is 0.153 e. The molecular formula is C12H14BrN3O. The zero-order valence-electron chi connectivity index (χ0n) is 9.40. The molecule has 2 aromatic heterocycles. The molecule has 0 radical (unpaired) electrons. The van der Waals surface area contributed by atoms with Crippen molar-refractivity contribution >= 4 is 27.4 Å². The van der Waals surface area contributed by atoms with Crippen LogP contribution in [0.1, 0.15) is 24.5 Å². The molecule has 0 aromatic carbocycles. The quantitative estimate of drug-likeness (QED) is 0.880. The maximum absolute atomic E-state index is 6.16. The van der Waals surface area contributed by atoms with Crippen LogP contribution in [0.5, 0.6) is 0 Å². The Hall–Kier alpha value is -1.07. The van der Waals surface area contributed by atoms with Crippen LogP contribution in [0.15, 0.2) is 22.8 Å². The lowest BCUT2D eigenvalue weighted by Crippen LogP contribution is -2.17. The van der Waals surface area contributed by atoms with Gasteiger partial charge in [-0.2, -0.15) is 0 Å². The molecule has 17 heavy (non-hydrogen) atoms. The Labute approximate surface area is 108 Å². The Balaban J connectivity index is 2.10. The molecule has 4 nitrogen and oxygen atoms in total. The molecule has 1 unspecified atom stereocenters. The zero-order chi connectivity index (χ0) is 11.8. The Morgan fingerprint density at radius 3 is 3.12 bits per heavy atom. The minimum absolute atomic E-state index is 0.329. The number of anilines is 1. The summed E-state index contributed by atoms with van der Waals surface area (Å²) in [5.74, 6) is 1.06. The van der Waals surface area contributed by atoms with Gasteiger partial charge in [-0.3, -0.25) is 4.40 Å². The van der Waals surface area contributed by atoms with Crippen LogP contribution >= 0.6 is 15.9 Å². The molecule has 1 fully saturated rings. The number of ether oxygens (including phenoxy) is 1. The Morgan fingerprint density at radius 1 is 1.53 bits per heavy atom. The van der Waals surface area contributed by atoms with Crippen LogP contribution < -0.4 is 5.73 Å². The molecule has 3 rings (SSSR count). The fourth-order valence-corrected chi connectivity index (χ4v) is 2.76. The van der Waals surface area contributed by atoms with E-state index in [9.17, 15) is 0 Å². The van der Waals surface area contributed by atoms with E-state index >= 15 is 0 Å². The number of rotatable bonds is 1. The average molecular weight is 296 g/mol. The fourth-order valence-electron chi connectivity index (χ4n) is 2.33. The van der Waals surface area contributed by atoms with E-state index in [1.807, 2.05) is 22.7 Å². The topological polar surface area (TPSA) is 52.5 Å². The van der Waals surface area contributed by atoms with Gasteiger partial charge in [0, 0.05) is 18.7 Å². The van der Waals surface area contributed by atoms with E-state index in [1.54, 1.807) is 0 Å². The van der Waals surface area contributed by atoms with Gasteiger partial charge in [0.1, 0.15) is 5.82 Å². The first-order chi connectivity index (χ1) is 8.27. The van der Waals surface area contributed by atoms with Crippen molar-refractivity contribution in [2.75, 3.05) is 18.9 Å². The van der Waals surface area contributed by atoms with Crippen LogP contribution in [0, 0.1) is 0 Å². The molecule has 1 saturated heterocycles. The molecule has 0 aliphatic carbocycles. The van der Waals surface area contributed by atoms with Crippen LogP contribution in [0.3, 0.4) is 0 Å². The average Bonchev–Trinajstić information content (AvgIpc) is 2.70. The highest BCUT2D eigenvalue weighted by molar-refractivity contribution is 9.10. The maximum Gasteiger partial charge on any atom is 0.153 e. The van der Waals surface area contributed by atoms with Gasteiger partial charge >= 0.3 is 0 Å². The second-order valence-electron chi connectivity index (χ2n) is 4.35. The predicted octanol–water partition coefficient (Wildman–Crippen LogP) is 2.57. The number of pyridine rings is 1. The minimum Gasteiger partial charge on any atom is -0.383 e. The molecule has 0 bridgehead atoms. The first-order valence-electron chi connectivity index (χ1n) is 5.77. The van der Waals surface area contributed by atoms with Crippen molar-refractivity contribution in [2.24, 2.45) is 0 Å². The lowest BCUT2D eigenvalue weighted by atomic mass is 9.99. The van der Waals surface area contributed by atoms with Crippen LogP contribution in [0.2, 0.25) is 0 Å². The molecule has 1 aliphatic rings. The molecular weight excluding hydrogens is 282 g/mol. The molecule has 5 heteroatoms. The number of halogens is 1. The molecule has 0 saturated carbocycles. The highest BCUT2D eigenvalue weighted by atomic mass is 79.9. The van der Waals surface area contributed by atoms with Gasteiger partial charge in [-0.1, -0.05) is 0 Å². The normalized spacial score (nSPS) is 20.9. The lowest BCUT2D eigenvalue weighted by Gasteiger charge is -2.20. The summed E-state index contributed by atoms with van der Waals surface area (Å²) in [7, 11) is 0. The van der Waals surface area contributed by atoms with Crippen LogP contribution in [-0.2, 0) is 4.74 Å². The number of nitrogens with zero attached hydrogens (tertiary/aromatic N) is 2. The molecule has 0 spiro atoms. The van der Waals surface area contributed by atoms with Gasteiger partial charge in [0.15, 0.2) is 5.65 Å². The minimum atomic E-state index is 0.329. The van der Waals surface area contributed by atoms with Gasteiger partial charge in [-0.25, -0.2) is 4.98 Å². The fraction of sp³-hybridized carbons (Fsp3) is 0.417. The Bertz CT molecular complexity index is 546. The zero-order valence-corrected chi connectivity index (χ0v) is 11.0. The molecule has 90 valence electrons. The van der Waals surface area contributed by atoms with E-state index < -0.39 is 0 Å². The van der Waals surface area contributed by atoms with Crippen molar-refractivity contribution in [3.05, 3.63) is 28.5 Å². The Kier molecular flexibility index (Phi) is 2.80. The second-order valence-corrected chi connectivity index (χ2v) is 5.20. The number of aromatic nitrogens is 2. The number of hydrogen-bond donors (Lipinski definition) is 1. The summed E-state index contributed by atoms with van der Waals surface area (Å²) in [4.78, 5) is 4.65. The number of nitrogen functional groups attached to an aromatic ring is 1. The van der Waals surface area contributed by atoms with Gasteiger partial charge < -0.3 is 10.5 Å². The van der Waals surface area contributed by atoms with Crippen molar-refractivity contribution < 1.29 is 4.74 Å². The summed E-state index contributed by atoms with van der Waals surface area (Å²) in [6.45, 7) is 1.58. The van der Waals surface area contributed by atoms with Gasteiger partial charge in [-0.05, 0) is 40.9 Å². The third-order valence-electron chi connectivity index (χ3n) is 3.21. The highest BCUT2D eigenvalue weighted by Crippen LogP contribution is 2.31. The van der Waals surface area contributed by atoms with E-state index in [-0.39, 0.29) is 0 Å². The van der Waals surface area contributed by atoms with E-state index in [2.05, 4.69) is 20.9 Å². The summed E-state index contributed by atoms with van der Waals surface area (Å²) in [5.41, 5.74) is 8.01. The molecule has 3 heterocycles. The van der Waals surface area contributed by atoms with Crippen LogP contribution in [-0.4, -0.2) is 22.6 Å². The highest BCUT2D eigenvalue weighted by Gasteiger charge is 2.22. The summed E-state index contributed by atoms with van der Waals surface area (Å²) in [6.07, 6.45) is 4.13. The van der Waals surface area contributed by atoms with Crippen LogP contribution in [0.4, 0.5) is 5.82 Å². The van der Waals surface area contributed by atoms with E-state index in [4.69, 9.17) is 10.5 Å². The van der Waals surface area contributed by atoms with Gasteiger partial charge in [0.05, 0.1) is 16.8 Å². The van der Waals surface area contributed by atoms with Crippen LogP contribution in [0.25, 0.3) is 5.65 Å². The lowest BCUT2D eigenvalue weighted by molar-refractivity contribution is 0.0796. The molecule has 1 atom stereocenters. The maximum atomic E-state index is 6.16. The molecule has 0 amide bonds. The van der Waals surface area contributed by atoms with Gasteiger partial charge in [0.25, 0.3) is 0 Å². The van der Waals surface area contributed by atoms with Crippen molar-refractivity contribution in [1.29, 1.82) is 0 Å². The van der Waals surface area contributed by atoms with Crippen molar-refractivity contribution in [1.82, 2.24) is 9.38 Å². The van der Waals surface area contributed by atoms with Crippen molar-refractivity contribution in [3.63, 3.8) is 0 Å². The molecule has 2 aromatic rings. The first-order valence-corrected chi connectivity index (χ1v) is 6.56. The summed E-state index contributed by atoms with van der Waals surface area (Å²) >= 11 is 3.50. The molecule has 2 N–H and O–H groups in total. The van der Waals surface area contributed by atoms with E-state index in [0.29, 0.717) is 5.92 Å². The molecule has 1 aliphatic heterocycles. The number of imidazole rings is 1. The monoisotopic (exact) mass is 295 g/mol. The number of nitrogens with two attached hydrogens (primary N) is 1. The van der Waals surface area contributed by atoms with Crippen molar-refractivity contribution in [3.8, 4) is 0 Å². The third-order valence-corrected chi connectivity index (χ3v) is 3.83. The van der Waals surface area contributed by atoms with Gasteiger partial charge in [0.2, 0.25) is 0 Å². The second kappa shape index (κ2) is 4.31. The standard InChI is InChI=1S/C12H14BrN3O/c13-9-4-1-5-16-11(14)10(15-12(9)16)8-3-2-6-17-7-8/h1,4-5,8H,2-3,6-7,14H2. The van der Waals surface area contributed by atoms with Gasteiger partial charge in [-0.15, -0.1) is 0 Å². The first kappa shape index (κ1) is 11.0. The Morgan fingerprint density at radius 2 is 2.41 bits per heavy atom. The van der Waals surface area contributed by atoms with E-state index in [0.717, 1.165) is 47.7 Å². The SMILES string of the molecule is Nc1c(C2CCCOC2)nc2c(Br)cccn12. The van der Waals surface area contributed by atoms with E-state index in [1.165, 1.54) is 0 Å². The summed E-state index contributed by atoms with van der Waals surface area (Å²) in [5, 5.41) is 0. The summed E-state index contributed by atoms with van der Waals surface area (Å²) < 4.78 is 8.39. The third kappa shape index (κ3) is 1.83. The number of hydrogen-bond acceptors (Lipinski definition) is 3. The number of fused-ring (bicyclic) bond motifs is 1. The summed E-state index contributed by atoms with van der Waals surface area (Å²) in [6, 6.07) is 3.93. The largest absolute Gasteiger partial charge is 0.383 e.